The lowest BCUT2D eigenvalue weighted by Gasteiger charge is -2.07. The molecular formula is C21H21N5O2S. The molecule has 0 aliphatic carbocycles. The lowest BCUT2D eigenvalue weighted by atomic mass is 10.1. The van der Waals surface area contributed by atoms with E-state index < -0.39 is 0 Å². The summed E-state index contributed by atoms with van der Waals surface area (Å²) in [5.41, 5.74) is 4.68. The zero-order chi connectivity index (χ0) is 20.6. The third-order valence-corrected chi connectivity index (χ3v) is 4.98. The number of carbonyl (C=O) groups is 1. The maximum atomic E-state index is 12.1. The van der Waals surface area contributed by atoms with Crippen LogP contribution in [0.1, 0.15) is 17.0 Å². The zero-order valence-corrected chi connectivity index (χ0v) is 16.8. The normalized spacial score (nSPS) is 10.9. The van der Waals surface area contributed by atoms with Gasteiger partial charge in [-0.3, -0.25) is 9.36 Å². The molecule has 0 spiro atoms. The van der Waals surface area contributed by atoms with Crippen molar-refractivity contribution in [2.75, 3.05) is 5.75 Å². The number of nitrogens with zero attached hydrogens (tertiary/aromatic N) is 4. The molecule has 7 nitrogen and oxygen atoms in total. The van der Waals surface area contributed by atoms with E-state index in [1.54, 1.807) is 12.1 Å². The summed E-state index contributed by atoms with van der Waals surface area (Å²) in [7, 11) is 0. The Kier molecular flexibility index (Phi) is 6.80. The van der Waals surface area contributed by atoms with Crippen molar-refractivity contribution in [3.05, 3.63) is 78.1 Å². The highest BCUT2D eigenvalue weighted by molar-refractivity contribution is 7.99. The van der Waals surface area contributed by atoms with Gasteiger partial charge in [-0.1, -0.05) is 48.2 Å². The van der Waals surface area contributed by atoms with Crippen molar-refractivity contribution >= 4 is 23.9 Å². The van der Waals surface area contributed by atoms with Crippen LogP contribution >= 0.6 is 11.8 Å². The van der Waals surface area contributed by atoms with Gasteiger partial charge < -0.3 is 5.11 Å². The first-order valence-electron chi connectivity index (χ1n) is 8.94. The number of nitrogens with one attached hydrogen (secondary N) is 1. The summed E-state index contributed by atoms with van der Waals surface area (Å²) in [6, 6.07) is 15.1. The number of para-hydroxylation sites is 2. The van der Waals surface area contributed by atoms with Crippen LogP contribution in [-0.4, -0.2) is 37.7 Å². The van der Waals surface area contributed by atoms with Gasteiger partial charge in [0.1, 0.15) is 11.6 Å². The van der Waals surface area contributed by atoms with Gasteiger partial charge in [0.2, 0.25) is 0 Å². The highest BCUT2D eigenvalue weighted by Gasteiger charge is 2.13. The zero-order valence-electron chi connectivity index (χ0n) is 15.9. The summed E-state index contributed by atoms with van der Waals surface area (Å²) >= 11 is 1.27. The van der Waals surface area contributed by atoms with E-state index in [-0.39, 0.29) is 17.4 Å². The minimum absolute atomic E-state index is 0.130. The molecule has 0 bridgehead atoms. The summed E-state index contributed by atoms with van der Waals surface area (Å²) in [5, 5.41) is 23.0. The molecule has 1 aromatic heterocycles. The Labute approximate surface area is 173 Å². The number of hydrogen-bond donors (Lipinski definition) is 2. The van der Waals surface area contributed by atoms with Gasteiger partial charge in [-0.25, -0.2) is 5.43 Å². The molecule has 0 saturated heterocycles. The van der Waals surface area contributed by atoms with Gasteiger partial charge in [0, 0.05) is 11.3 Å². The molecular weight excluding hydrogens is 386 g/mol. The predicted octanol–water partition coefficient (Wildman–Crippen LogP) is 3.25. The number of thioether (sulfide) groups is 1. The lowest BCUT2D eigenvalue weighted by Crippen LogP contribution is -2.20. The van der Waals surface area contributed by atoms with Crippen molar-refractivity contribution in [3.8, 4) is 11.4 Å². The van der Waals surface area contributed by atoms with Crippen LogP contribution in [0.5, 0.6) is 5.75 Å². The summed E-state index contributed by atoms with van der Waals surface area (Å²) in [4.78, 5) is 12.1. The Morgan fingerprint density at radius 3 is 2.79 bits per heavy atom. The molecule has 148 valence electrons. The fourth-order valence-electron chi connectivity index (χ4n) is 2.68. The molecule has 0 atom stereocenters. The number of aryl methyl sites for hydroxylation is 1. The molecule has 0 unspecified atom stereocenters. The first kappa shape index (κ1) is 20.3. The van der Waals surface area contributed by atoms with Crippen molar-refractivity contribution in [1.29, 1.82) is 0 Å². The minimum atomic E-state index is -0.284. The highest BCUT2D eigenvalue weighted by atomic mass is 32.2. The Balaban J connectivity index is 1.60. The van der Waals surface area contributed by atoms with Gasteiger partial charge in [-0.2, -0.15) is 5.10 Å². The van der Waals surface area contributed by atoms with Gasteiger partial charge in [0.05, 0.1) is 12.0 Å². The van der Waals surface area contributed by atoms with Crippen molar-refractivity contribution in [1.82, 2.24) is 20.2 Å². The number of amides is 1. The maximum Gasteiger partial charge on any atom is 0.250 e. The molecule has 0 fully saturated rings. The molecule has 29 heavy (non-hydrogen) atoms. The van der Waals surface area contributed by atoms with E-state index in [0.717, 1.165) is 17.1 Å². The summed E-state index contributed by atoms with van der Waals surface area (Å²) in [6.07, 6.45) is 3.68. The molecule has 0 radical (unpaired) electrons. The van der Waals surface area contributed by atoms with E-state index in [1.165, 1.54) is 18.0 Å². The van der Waals surface area contributed by atoms with Gasteiger partial charge in [0.25, 0.3) is 5.91 Å². The maximum absolute atomic E-state index is 12.1. The highest BCUT2D eigenvalue weighted by Crippen LogP contribution is 2.22. The molecule has 2 N–H and O–H groups in total. The van der Waals surface area contributed by atoms with Crippen LogP contribution in [0.2, 0.25) is 0 Å². The Bertz CT molecular complexity index is 1030. The van der Waals surface area contributed by atoms with E-state index in [4.69, 9.17) is 0 Å². The third-order valence-electron chi connectivity index (χ3n) is 4.05. The van der Waals surface area contributed by atoms with Gasteiger partial charge in [0.15, 0.2) is 5.16 Å². The van der Waals surface area contributed by atoms with Crippen molar-refractivity contribution in [2.24, 2.45) is 5.10 Å². The quantitative estimate of drug-likeness (QED) is 0.259. The molecule has 0 saturated carbocycles. The predicted molar refractivity (Wildman–Crippen MR) is 115 cm³/mol. The van der Waals surface area contributed by atoms with Crippen LogP contribution in [-0.2, 0) is 11.2 Å². The Morgan fingerprint density at radius 1 is 1.24 bits per heavy atom. The second-order valence-corrected chi connectivity index (χ2v) is 7.07. The summed E-state index contributed by atoms with van der Waals surface area (Å²) < 4.78 is 1.89. The minimum Gasteiger partial charge on any atom is -0.507 e. The molecule has 1 heterocycles. The molecule has 3 aromatic rings. The number of hydrazone groups is 1. The third kappa shape index (κ3) is 5.11. The van der Waals surface area contributed by atoms with E-state index in [0.29, 0.717) is 17.1 Å². The second kappa shape index (κ2) is 9.70. The standard InChI is InChI=1S/C21H21N5O2S/c1-3-8-16-9-7-10-17(20(16)28)13-22-24-19(27)14-29-21-25-23-15(2)26(21)18-11-5-4-6-12-18/h3-7,9-13,28H,1,8,14H2,2H3,(H,24,27). The number of aromatic nitrogens is 3. The number of phenols is 1. The van der Waals surface area contributed by atoms with Gasteiger partial charge in [-0.15, -0.1) is 16.8 Å². The molecule has 3 rings (SSSR count). The monoisotopic (exact) mass is 407 g/mol. The molecule has 2 aromatic carbocycles. The number of carbonyl (C=O) groups excluding carboxylic acids is 1. The van der Waals surface area contributed by atoms with Crippen LogP contribution in [0.3, 0.4) is 0 Å². The number of aromatic hydroxyl groups is 1. The van der Waals surface area contributed by atoms with E-state index in [9.17, 15) is 9.90 Å². The average molecular weight is 407 g/mol. The van der Waals surface area contributed by atoms with Crippen LogP contribution < -0.4 is 5.43 Å². The fourth-order valence-corrected chi connectivity index (χ4v) is 3.47. The Hall–Kier alpha value is -3.39. The van der Waals surface area contributed by atoms with Crippen LogP contribution in [0.15, 0.2) is 71.4 Å². The second-order valence-electron chi connectivity index (χ2n) is 6.13. The van der Waals surface area contributed by atoms with Crippen molar-refractivity contribution in [3.63, 3.8) is 0 Å². The molecule has 0 aliphatic heterocycles. The van der Waals surface area contributed by atoms with Crippen LogP contribution in [0.25, 0.3) is 5.69 Å². The van der Waals surface area contributed by atoms with E-state index >= 15 is 0 Å². The molecule has 0 aliphatic rings. The lowest BCUT2D eigenvalue weighted by molar-refractivity contribution is -0.118. The van der Waals surface area contributed by atoms with Crippen LogP contribution in [0.4, 0.5) is 0 Å². The SMILES string of the molecule is C=CCc1cccc(C=NNC(=O)CSc2nnc(C)n2-c2ccccc2)c1O. The van der Waals surface area contributed by atoms with E-state index in [1.807, 2.05) is 54.0 Å². The molecule has 8 heteroatoms. The fraction of sp³-hybridized carbons (Fsp3) is 0.143. The van der Waals surface area contributed by atoms with Gasteiger partial charge in [-0.05, 0) is 37.1 Å². The van der Waals surface area contributed by atoms with E-state index in [2.05, 4.69) is 27.3 Å². The number of benzene rings is 2. The average Bonchev–Trinajstić information content (AvgIpc) is 3.10. The number of hydrogen-bond acceptors (Lipinski definition) is 6. The van der Waals surface area contributed by atoms with Crippen LogP contribution in [0, 0.1) is 6.92 Å². The first-order chi connectivity index (χ1) is 14.1. The van der Waals surface area contributed by atoms with Crippen molar-refractivity contribution < 1.29 is 9.90 Å². The van der Waals surface area contributed by atoms with Gasteiger partial charge >= 0.3 is 0 Å². The smallest absolute Gasteiger partial charge is 0.250 e. The van der Waals surface area contributed by atoms with Crippen molar-refractivity contribution in [2.45, 2.75) is 18.5 Å². The summed E-state index contributed by atoms with van der Waals surface area (Å²) in [6.45, 7) is 5.53. The largest absolute Gasteiger partial charge is 0.507 e. The Morgan fingerprint density at radius 2 is 2.03 bits per heavy atom. The molecule has 1 amide bonds. The number of allylic oxidation sites excluding steroid dienone is 1. The summed E-state index contributed by atoms with van der Waals surface area (Å²) in [5.74, 6) is 0.719. The first-order valence-corrected chi connectivity index (χ1v) is 9.92. The topological polar surface area (TPSA) is 92.4 Å². The number of phenolic OH excluding ortho intramolecular Hbond substituents is 1. The number of rotatable bonds is 8.